The number of aromatic nitrogens is 2. The second-order valence-electron chi connectivity index (χ2n) is 11.9. The molecule has 2 aliphatic heterocycles. The summed E-state index contributed by atoms with van der Waals surface area (Å²) < 4.78 is 46.5. The van der Waals surface area contributed by atoms with E-state index in [0.29, 0.717) is 59.0 Å². The Bertz CT molecular complexity index is 1910. The zero-order valence-corrected chi connectivity index (χ0v) is 26.5. The smallest absolute Gasteiger partial charge is 0.416 e. The van der Waals surface area contributed by atoms with E-state index >= 15 is 0 Å². The first kappa shape index (κ1) is 33.2. The van der Waals surface area contributed by atoms with Crippen LogP contribution in [-0.4, -0.2) is 57.3 Å². The highest BCUT2D eigenvalue weighted by atomic mass is 19.4. The van der Waals surface area contributed by atoms with Crippen LogP contribution in [0.3, 0.4) is 0 Å². The molecule has 1 unspecified atom stereocenters. The fourth-order valence-electron chi connectivity index (χ4n) is 5.82. The number of hydrogen-bond donors (Lipinski definition) is 3. The highest BCUT2D eigenvalue weighted by Crippen LogP contribution is 2.32. The molecule has 1 aromatic heterocycles. The van der Waals surface area contributed by atoms with Gasteiger partial charge in [-0.15, -0.1) is 0 Å². The van der Waals surface area contributed by atoms with E-state index in [2.05, 4.69) is 20.9 Å². The quantitative estimate of drug-likeness (QED) is 0.155. The topological polar surface area (TPSA) is 135 Å². The van der Waals surface area contributed by atoms with Crippen LogP contribution in [0.5, 0.6) is 5.75 Å². The van der Waals surface area contributed by atoms with Crippen molar-refractivity contribution in [1.82, 2.24) is 25.1 Å². The van der Waals surface area contributed by atoms with E-state index in [1.54, 1.807) is 53.5 Å². The molecule has 11 nitrogen and oxygen atoms in total. The van der Waals surface area contributed by atoms with E-state index in [1.807, 2.05) is 7.05 Å². The molecule has 14 heteroatoms. The number of rotatable bonds is 11. The van der Waals surface area contributed by atoms with E-state index in [9.17, 15) is 32.3 Å². The van der Waals surface area contributed by atoms with Gasteiger partial charge in [0.15, 0.2) is 0 Å². The molecule has 0 aliphatic carbocycles. The number of hydrogen-bond acceptors (Lipinski definition) is 7. The number of alkyl halides is 3. The highest BCUT2D eigenvalue weighted by molar-refractivity contribution is 6.05. The lowest BCUT2D eigenvalue weighted by atomic mass is 10.0. The van der Waals surface area contributed by atoms with E-state index < -0.39 is 23.7 Å². The van der Waals surface area contributed by atoms with Crippen LogP contribution in [0.15, 0.2) is 73.2 Å². The number of nitrogens with one attached hydrogen (secondary N) is 3. The minimum absolute atomic E-state index is 0.185. The Labute approximate surface area is 279 Å². The Balaban J connectivity index is 1.02. The molecule has 1 fully saturated rings. The van der Waals surface area contributed by atoms with E-state index in [-0.39, 0.29) is 43.7 Å². The predicted molar refractivity (Wildman–Crippen MR) is 172 cm³/mol. The molecule has 3 N–H and O–H groups in total. The summed E-state index contributed by atoms with van der Waals surface area (Å²) in [5.41, 5.74) is 3.54. The zero-order chi connectivity index (χ0) is 34.7. The molecule has 0 bridgehead atoms. The Hall–Kier alpha value is -5.66. The number of anilines is 1. The monoisotopic (exact) mass is 674 g/mol. The number of carbonyl (C=O) groups excluding carboxylic acids is 4. The van der Waals surface area contributed by atoms with Gasteiger partial charge in [0, 0.05) is 61.7 Å². The number of amides is 4. The lowest BCUT2D eigenvalue weighted by Crippen LogP contribution is -2.52. The lowest BCUT2D eigenvalue weighted by molar-refractivity contribution is -0.138. The largest absolute Gasteiger partial charge is 0.494 e. The molecule has 1 atom stereocenters. The van der Waals surface area contributed by atoms with Crippen molar-refractivity contribution in [2.75, 3.05) is 18.5 Å². The second kappa shape index (κ2) is 13.8. The van der Waals surface area contributed by atoms with Crippen molar-refractivity contribution in [3.63, 3.8) is 0 Å². The molecular formula is C35H33F3N6O5. The first-order chi connectivity index (χ1) is 23.5. The Morgan fingerprint density at radius 3 is 2.55 bits per heavy atom. The minimum Gasteiger partial charge on any atom is -0.494 e. The van der Waals surface area contributed by atoms with Crippen LogP contribution in [0.4, 0.5) is 18.9 Å². The molecular weight excluding hydrogens is 641 g/mol. The van der Waals surface area contributed by atoms with E-state index in [0.717, 1.165) is 17.7 Å². The molecule has 4 aromatic rings. The number of fused-ring (bicyclic) bond motifs is 1. The van der Waals surface area contributed by atoms with Crippen LogP contribution >= 0.6 is 0 Å². The number of piperidine rings is 1. The summed E-state index contributed by atoms with van der Waals surface area (Å²) >= 11 is 0. The van der Waals surface area contributed by atoms with Gasteiger partial charge in [0.1, 0.15) is 11.8 Å². The van der Waals surface area contributed by atoms with Gasteiger partial charge in [-0.1, -0.05) is 12.1 Å². The second-order valence-corrected chi connectivity index (χ2v) is 11.9. The number of ether oxygens (including phenoxy) is 1. The number of imidazole rings is 1. The average Bonchev–Trinajstić information content (AvgIpc) is 3.65. The SMILES string of the molecule is Cn1cnc(-c2cc(C(=O)NCCCOc3ccc4c(c3)CN(C3CCC(=O)NC3=O)C4=O)ccc2NCc2ccc(C(F)(F)F)cc2)c1. The van der Waals surface area contributed by atoms with Gasteiger partial charge in [-0.05, 0) is 72.5 Å². The summed E-state index contributed by atoms with van der Waals surface area (Å²) in [6, 6.07) is 14.5. The molecule has 0 spiro atoms. The van der Waals surface area contributed by atoms with Crippen molar-refractivity contribution in [2.45, 2.75) is 44.6 Å². The van der Waals surface area contributed by atoms with Crippen LogP contribution in [0.25, 0.3) is 11.3 Å². The van der Waals surface area contributed by atoms with Crippen LogP contribution < -0.4 is 20.7 Å². The summed E-state index contributed by atoms with van der Waals surface area (Å²) in [4.78, 5) is 55.6. The number of benzene rings is 3. The van der Waals surface area contributed by atoms with Gasteiger partial charge in [-0.3, -0.25) is 24.5 Å². The fourth-order valence-corrected chi connectivity index (χ4v) is 5.82. The summed E-state index contributed by atoms with van der Waals surface area (Å²) in [6.07, 6.45) is 0.0102. The first-order valence-corrected chi connectivity index (χ1v) is 15.7. The van der Waals surface area contributed by atoms with Gasteiger partial charge in [0.05, 0.1) is 24.2 Å². The maximum atomic E-state index is 13.1. The zero-order valence-electron chi connectivity index (χ0n) is 26.5. The normalized spacial score (nSPS) is 16.0. The summed E-state index contributed by atoms with van der Waals surface area (Å²) in [7, 11) is 1.82. The van der Waals surface area contributed by atoms with Crippen molar-refractivity contribution >= 4 is 29.3 Å². The Morgan fingerprint density at radius 2 is 1.84 bits per heavy atom. The number of nitrogens with zero attached hydrogens (tertiary/aromatic N) is 3. The molecule has 0 saturated carbocycles. The molecule has 2 aliphatic rings. The van der Waals surface area contributed by atoms with Crippen LogP contribution in [0.1, 0.15) is 56.7 Å². The summed E-state index contributed by atoms with van der Waals surface area (Å²) in [5.74, 6) is -0.797. The van der Waals surface area contributed by atoms with E-state index in [1.165, 1.54) is 17.0 Å². The van der Waals surface area contributed by atoms with Gasteiger partial charge >= 0.3 is 6.18 Å². The van der Waals surface area contributed by atoms with Crippen LogP contribution in [0, 0.1) is 0 Å². The fraction of sp³-hybridized carbons (Fsp3) is 0.286. The number of halogens is 3. The van der Waals surface area contributed by atoms with E-state index in [4.69, 9.17) is 4.74 Å². The minimum atomic E-state index is -4.41. The van der Waals surface area contributed by atoms with Gasteiger partial charge < -0.3 is 24.8 Å². The summed E-state index contributed by atoms with van der Waals surface area (Å²) in [6.45, 7) is 1.15. The maximum absolute atomic E-state index is 13.1. The van der Waals surface area contributed by atoms with Crippen molar-refractivity contribution < 1.29 is 37.1 Å². The average molecular weight is 675 g/mol. The number of imide groups is 1. The van der Waals surface area contributed by atoms with Gasteiger partial charge in [-0.25, -0.2) is 4.98 Å². The standard InChI is InChI=1S/C35H33F3N6O5/c1-43-19-29(41-20-43)27-16-22(5-10-28(27)40-17-21-3-6-24(7-4-21)35(36,37)38)32(46)39-13-2-14-49-25-8-9-26-23(15-25)18-44(34(26)48)30-11-12-31(45)42-33(30)47/h3-10,15-16,19-20,30,40H,2,11-14,17-18H2,1H3,(H,39,46)(H,42,45,47). The molecule has 1 saturated heterocycles. The van der Waals surface area contributed by atoms with Crippen LogP contribution in [-0.2, 0) is 35.9 Å². The van der Waals surface area contributed by atoms with Gasteiger partial charge in [-0.2, -0.15) is 13.2 Å². The number of aryl methyl sites for hydroxylation is 1. The lowest BCUT2D eigenvalue weighted by Gasteiger charge is -2.29. The summed E-state index contributed by atoms with van der Waals surface area (Å²) in [5, 5.41) is 8.43. The maximum Gasteiger partial charge on any atom is 0.416 e. The van der Waals surface area contributed by atoms with Gasteiger partial charge in [0.25, 0.3) is 11.8 Å². The Kier molecular flexibility index (Phi) is 9.38. The third kappa shape index (κ3) is 7.58. The molecule has 0 radical (unpaired) electrons. The van der Waals surface area contributed by atoms with Crippen molar-refractivity contribution in [3.8, 4) is 17.0 Å². The van der Waals surface area contributed by atoms with Crippen molar-refractivity contribution in [3.05, 3.63) is 101 Å². The van der Waals surface area contributed by atoms with Gasteiger partial charge in [0.2, 0.25) is 11.8 Å². The molecule has 49 heavy (non-hydrogen) atoms. The molecule has 3 aromatic carbocycles. The first-order valence-electron chi connectivity index (χ1n) is 15.7. The third-order valence-electron chi connectivity index (χ3n) is 8.40. The molecule has 6 rings (SSSR count). The van der Waals surface area contributed by atoms with Crippen molar-refractivity contribution in [2.24, 2.45) is 7.05 Å². The Morgan fingerprint density at radius 1 is 1.04 bits per heavy atom. The van der Waals surface area contributed by atoms with Crippen molar-refractivity contribution in [1.29, 1.82) is 0 Å². The third-order valence-corrected chi connectivity index (χ3v) is 8.40. The molecule has 254 valence electrons. The predicted octanol–water partition coefficient (Wildman–Crippen LogP) is 4.68. The number of carbonyl (C=O) groups is 4. The van der Waals surface area contributed by atoms with Crippen LogP contribution in [0.2, 0.25) is 0 Å². The molecule has 4 amide bonds. The molecule has 3 heterocycles. The highest BCUT2D eigenvalue weighted by Gasteiger charge is 2.39.